The van der Waals surface area contributed by atoms with Crippen LogP contribution in [0.1, 0.15) is 11.1 Å². The molecule has 0 aliphatic heterocycles. The number of H-pyrrole nitrogens is 1. The molecule has 3 aromatic heterocycles. The number of pyridine rings is 1. The van der Waals surface area contributed by atoms with Gasteiger partial charge in [0.15, 0.2) is 0 Å². The summed E-state index contributed by atoms with van der Waals surface area (Å²) in [5, 5.41) is 13.3. The fourth-order valence-corrected chi connectivity index (χ4v) is 4.32. The largest absolute Gasteiger partial charge is 0.361 e. The minimum absolute atomic E-state index is 0.596. The number of fused-ring (bicyclic) bond motifs is 1. The highest BCUT2D eigenvalue weighted by Gasteiger charge is 2.19. The van der Waals surface area contributed by atoms with Crippen molar-refractivity contribution in [2.75, 3.05) is 0 Å². The molecule has 138 valence electrons. The Labute approximate surface area is 172 Å². The number of para-hydroxylation sites is 1. The molecule has 0 saturated heterocycles. The van der Waals surface area contributed by atoms with Crippen LogP contribution < -0.4 is 0 Å². The Morgan fingerprint density at radius 3 is 2.55 bits per heavy atom. The topological polar surface area (TPSA) is 52.5 Å². The predicted octanol–water partition coefficient (Wildman–Crippen LogP) is 6.81. The molecule has 0 bridgehead atoms. The van der Waals surface area contributed by atoms with Crippen LogP contribution in [0, 0.1) is 18.3 Å². The summed E-state index contributed by atoms with van der Waals surface area (Å²) in [5.74, 6) is 0. The van der Waals surface area contributed by atoms with Crippen molar-refractivity contribution >= 4 is 22.2 Å². The second-order valence-corrected chi connectivity index (χ2v) is 7.93. The van der Waals surface area contributed by atoms with Crippen LogP contribution >= 0.6 is 11.3 Å². The predicted molar refractivity (Wildman–Crippen MR) is 120 cm³/mol. The summed E-state index contributed by atoms with van der Waals surface area (Å²) in [7, 11) is 0. The van der Waals surface area contributed by atoms with Crippen molar-refractivity contribution in [2.24, 2.45) is 0 Å². The smallest absolute Gasteiger partial charge is 0.102 e. The molecule has 29 heavy (non-hydrogen) atoms. The van der Waals surface area contributed by atoms with Crippen LogP contribution in [0.3, 0.4) is 0 Å². The zero-order chi connectivity index (χ0) is 19.8. The maximum Gasteiger partial charge on any atom is 0.102 e. The number of aromatic nitrogens is 2. The Hall–Kier alpha value is -3.68. The first-order valence-corrected chi connectivity index (χ1v) is 10.2. The third-order valence-electron chi connectivity index (χ3n) is 5.11. The molecule has 0 aliphatic carbocycles. The summed E-state index contributed by atoms with van der Waals surface area (Å²) in [6, 6.07) is 24.9. The van der Waals surface area contributed by atoms with Gasteiger partial charge in [0.25, 0.3) is 0 Å². The van der Waals surface area contributed by atoms with Gasteiger partial charge in [0.05, 0.1) is 21.8 Å². The monoisotopic (exact) mass is 391 g/mol. The third-order valence-corrected chi connectivity index (χ3v) is 6.00. The molecule has 0 amide bonds. The van der Waals surface area contributed by atoms with E-state index in [2.05, 4.69) is 42.2 Å². The van der Waals surface area contributed by atoms with Crippen LogP contribution in [0.15, 0.2) is 78.3 Å². The number of nitrogens with one attached hydrogen (secondary N) is 1. The van der Waals surface area contributed by atoms with E-state index >= 15 is 0 Å². The van der Waals surface area contributed by atoms with Gasteiger partial charge in [-0.1, -0.05) is 54.1 Å². The van der Waals surface area contributed by atoms with Crippen molar-refractivity contribution in [3.8, 4) is 39.0 Å². The van der Waals surface area contributed by atoms with Gasteiger partial charge < -0.3 is 4.98 Å². The van der Waals surface area contributed by atoms with E-state index < -0.39 is 0 Å². The van der Waals surface area contributed by atoms with E-state index in [0.29, 0.717) is 5.56 Å². The van der Waals surface area contributed by atoms with Crippen molar-refractivity contribution in [3.05, 3.63) is 89.4 Å². The summed E-state index contributed by atoms with van der Waals surface area (Å²) in [6.07, 6.45) is 1.98. The molecule has 0 spiro atoms. The lowest BCUT2D eigenvalue weighted by Crippen LogP contribution is -1.96. The molecule has 5 aromatic rings. The number of rotatable bonds is 3. The maximum absolute atomic E-state index is 10.1. The number of hydrogen-bond acceptors (Lipinski definition) is 3. The van der Waals surface area contributed by atoms with Gasteiger partial charge in [0.1, 0.15) is 6.07 Å². The summed E-state index contributed by atoms with van der Waals surface area (Å²) < 4.78 is 0. The van der Waals surface area contributed by atoms with E-state index in [1.54, 1.807) is 11.3 Å². The van der Waals surface area contributed by atoms with Gasteiger partial charge in [-0.2, -0.15) is 5.26 Å². The molecule has 0 aliphatic rings. The Morgan fingerprint density at radius 1 is 0.966 bits per heavy atom. The summed E-state index contributed by atoms with van der Waals surface area (Å²) in [6.45, 7) is 2.06. The second-order valence-electron chi connectivity index (χ2n) is 6.98. The fraction of sp³-hybridized carbons (Fsp3) is 0.0400. The van der Waals surface area contributed by atoms with Crippen LogP contribution in [0.5, 0.6) is 0 Å². The summed E-state index contributed by atoms with van der Waals surface area (Å²) >= 11 is 1.65. The molecular formula is C25H17N3S. The molecule has 5 rings (SSSR count). The van der Waals surface area contributed by atoms with Crippen LogP contribution in [0.4, 0.5) is 0 Å². The van der Waals surface area contributed by atoms with Gasteiger partial charge in [-0.15, -0.1) is 11.3 Å². The molecule has 0 fully saturated rings. The molecule has 1 N–H and O–H groups in total. The number of nitrogens with zero attached hydrogens (tertiary/aromatic N) is 2. The van der Waals surface area contributed by atoms with Crippen molar-refractivity contribution in [1.29, 1.82) is 5.26 Å². The van der Waals surface area contributed by atoms with E-state index in [-0.39, 0.29) is 0 Å². The standard InChI is InChI=1S/C25H17N3S/c1-16-8-10-17(11-9-16)25-20(14-26)19(13-23(28-25)24-7-4-12-29-24)21-15-27-22-6-3-2-5-18(21)22/h2-13,15,27H,1H3. The zero-order valence-corrected chi connectivity index (χ0v) is 16.6. The van der Waals surface area contributed by atoms with Crippen molar-refractivity contribution in [2.45, 2.75) is 6.92 Å². The first-order chi connectivity index (χ1) is 14.2. The molecule has 0 saturated carbocycles. The SMILES string of the molecule is Cc1ccc(-c2nc(-c3cccs3)cc(-c3c[nH]c4ccccc34)c2C#N)cc1. The van der Waals surface area contributed by atoms with Gasteiger partial charge >= 0.3 is 0 Å². The van der Waals surface area contributed by atoms with Crippen molar-refractivity contribution in [1.82, 2.24) is 9.97 Å². The Bertz CT molecular complexity index is 1350. The number of benzene rings is 2. The lowest BCUT2D eigenvalue weighted by Gasteiger charge is -2.12. The molecule has 3 heterocycles. The van der Waals surface area contributed by atoms with Crippen LogP contribution in [0.25, 0.3) is 43.9 Å². The first-order valence-electron chi connectivity index (χ1n) is 9.37. The lowest BCUT2D eigenvalue weighted by atomic mass is 9.95. The third kappa shape index (κ3) is 3.02. The van der Waals surface area contributed by atoms with Gasteiger partial charge in [-0.25, -0.2) is 4.98 Å². The molecule has 3 nitrogen and oxygen atoms in total. The molecule has 4 heteroatoms. The first kappa shape index (κ1) is 17.4. The average molecular weight is 391 g/mol. The van der Waals surface area contributed by atoms with Gasteiger partial charge in [-0.3, -0.25) is 0 Å². The van der Waals surface area contributed by atoms with E-state index in [1.165, 1.54) is 5.56 Å². The Morgan fingerprint density at radius 2 is 1.79 bits per heavy atom. The van der Waals surface area contributed by atoms with Crippen LogP contribution in [-0.4, -0.2) is 9.97 Å². The Kier molecular flexibility index (Phi) is 4.23. The highest BCUT2D eigenvalue weighted by molar-refractivity contribution is 7.13. The summed E-state index contributed by atoms with van der Waals surface area (Å²) in [4.78, 5) is 9.33. The highest BCUT2D eigenvalue weighted by Crippen LogP contribution is 2.38. The average Bonchev–Trinajstić information content (AvgIpc) is 3.43. The van der Waals surface area contributed by atoms with Crippen molar-refractivity contribution in [3.63, 3.8) is 0 Å². The van der Waals surface area contributed by atoms with Gasteiger partial charge in [0.2, 0.25) is 0 Å². The number of hydrogen-bond donors (Lipinski definition) is 1. The molecular weight excluding hydrogens is 374 g/mol. The number of aromatic amines is 1. The quantitative estimate of drug-likeness (QED) is 0.367. The zero-order valence-electron chi connectivity index (χ0n) is 15.8. The summed E-state index contributed by atoms with van der Waals surface area (Å²) in [5.41, 5.74) is 7.31. The second kappa shape index (κ2) is 7.05. The van der Waals surface area contributed by atoms with Crippen molar-refractivity contribution < 1.29 is 0 Å². The number of thiophene rings is 1. The highest BCUT2D eigenvalue weighted by atomic mass is 32.1. The van der Waals surface area contributed by atoms with E-state index in [1.807, 2.05) is 54.0 Å². The maximum atomic E-state index is 10.1. The van der Waals surface area contributed by atoms with E-state index in [0.717, 1.165) is 43.9 Å². The lowest BCUT2D eigenvalue weighted by molar-refractivity contribution is 1.30. The van der Waals surface area contributed by atoms with Gasteiger partial charge in [-0.05, 0) is 30.5 Å². The molecule has 0 atom stereocenters. The van der Waals surface area contributed by atoms with Crippen LogP contribution in [0.2, 0.25) is 0 Å². The minimum Gasteiger partial charge on any atom is -0.361 e. The molecule has 0 unspecified atom stereocenters. The van der Waals surface area contributed by atoms with E-state index in [9.17, 15) is 5.26 Å². The van der Waals surface area contributed by atoms with Crippen LogP contribution in [-0.2, 0) is 0 Å². The van der Waals surface area contributed by atoms with E-state index in [4.69, 9.17) is 4.98 Å². The van der Waals surface area contributed by atoms with Gasteiger partial charge in [0, 0.05) is 33.8 Å². The number of nitriles is 1. The Balaban J connectivity index is 1.84. The minimum atomic E-state index is 0.596. The number of aryl methyl sites for hydroxylation is 1. The molecule has 2 aromatic carbocycles. The molecule has 0 radical (unpaired) electrons. The normalized spacial score (nSPS) is 10.9. The fourth-order valence-electron chi connectivity index (χ4n) is 3.64.